The Balaban J connectivity index is 4.68. The van der Waals surface area contributed by atoms with Crippen molar-refractivity contribution in [2.75, 3.05) is 13.1 Å². The highest BCUT2D eigenvalue weighted by molar-refractivity contribution is 5.97. The third-order valence-electron chi connectivity index (χ3n) is 2.96. The Kier molecular flexibility index (Phi) is 8.10. The summed E-state index contributed by atoms with van der Waals surface area (Å²) < 4.78 is 123. The van der Waals surface area contributed by atoms with Gasteiger partial charge in [-0.3, -0.25) is 9.59 Å². The molecule has 0 heterocycles. The number of hydrogen-bond acceptors (Lipinski definition) is 4. The average molecular weight is 432 g/mol. The molecule has 0 bridgehead atoms. The van der Waals surface area contributed by atoms with E-state index >= 15 is 0 Å². The highest BCUT2D eigenvalue weighted by Crippen LogP contribution is 2.37. The summed E-state index contributed by atoms with van der Waals surface area (Å²) in [5.41, 5.74) is -0.783. The summed E-state index contributed by atoms with van der Waals surface area (Å²) in [6, 6.07) is 0. The Hall–Kier alpha value is -2.28. The molecule has 0 aliphatic rings. The lowest BCUT2D eigenvalue weighted by Gasteiger charge is -2.17. The molecule has 0 saturated carbocycles. The van der Waals surface area contributed by atoms with Gasteiger partial charge in [0.2, 0.25) is 11.6 Å². The first-order valence-corrected chi connectivity index (χ1v) is 7.16. The van der Waals surface area contributed by atoms with Crippen LogP contribution in [0.3, 0.4) is 0 Å². The third kappa shape index (κ3) is 6.71. The molecule has 162 valence electrons. The van der Waals surface area contributed by atoms with Gasteiger partial charge >= 0.3 is 24.2 Å². The molecule has 2 N–H and O–H groups in total. The minimum atomic E-state index is -6.07. The molecule has 0 aromatic heterocycles. The molecule has 0 radical (unpaired) electrons. The smallest absolute Gasteiger partial charge is 0.387 e. The Morgan fingerprint density at radius 2 is 0.893 bits per heavy atom. The molecule has 0 unspecified atom stereocenters. The fourth-order valence-corrected chi connectivity index (χ4v) is 1.48. The van der Waals surface area contributed by atoms with E-state index in [1.54, 1.807) is 0 Å². The molecule has 14 heteroatoms. The number of carbonyl (C=O) groups is 2. The molecule has 0 amide bonds. The summed E-state index contributed by atoms with van der Waals surface area (Å²) in [4.78, 5) is 21.9. The van der Waals surface area contributed by atoms with E-state index in [0.717, 1.165) is 13.8 Å². The topological polar surface area (TPSA) is 58.2 Å². The zero-order valence-electron chi connectivity index (χ0n) is 14.2. The van der Waals surface area contributed by atoms with Crippen LogP contribution in [-0.4, -0.2) is 48.9 Å². The van der Waals surface area contributed by atoms with Gasteiger partial charge in [0.15, 0.2) is 0 Å². The number of hydrogen-bond donors (Lipinski definition) is 2. The van der Waals surface area contributed by atoms with Crippen molar-refractivity contribution in [1.29, 1.82) is 0 Å². The van der Waals surface area contributed by atoms with Gasteiger partial charge in [-0.15, -0.1) is 0 Å². The van der Waals surface area contributed by atoms with Crippen LogP contribution in [0.2, 0.25) is 0 Å². The van der Waals surface area contributed by atoms with E-state index in [2.05, 4.69) is 10.6 Å². The predicted octanol–water partition coefficient (Wildman–Crippen LogP) is 3.51. The molecule has 0 atom stereocenters. The van der Waals surface area contributed by atoms with E-state index in [1.807, 2.05) is 0 Å². The van der Waals surface area contributed by atoms with Crippen molar-refractivity contribution in [3.05, 3.63) is 23.5 Å². The molecular formula is C14H14F10N2O2. The first-order chi connectivity index (χ1) is 12.3. The lowest BCUT2D eigenvalue weighted by atomic mass is 10.2. The van der Waals surface area contributed by atoms with Crippen LogP contribution in [0, 0.1) is 0 Å². The first-order valence-electron chi connectivity index (χ1n) is 7.16. The quantitative estimate of drug-likeness (QED) is 0.333. The van der Waals surface area contributed by atoms with E-state index < -0.39 is 47.2 Å². The zero-order valence-corrected chi connectivity index (χ0v) is 14.2. The van der Waals surface area contributed by atoms with Crippen molar-refractivity contribution in [3.8, 4) is 0 Å². The van der Waals surface area contributed by atoms with E-state index in [-0.39, 0.29) is 25.2 Å². The number of rotatable bonds is 9. The predicted molar refractivity (Wildman–Crippen MR) is 75.5 cm³/mol. The number of nitrogens with one attached hydrogen (secondary N) is 2. The van der Waals surface area contributed by atoms with Crippen LogP contribution in [0.25, 0.3) is 0 Å². The number of alkyl halides is 10. The largest absolute Gasteiger partial charge is 0.461 e. The second kappa shape index (κ2) is 8.82. The summed E-state index contributed by atoms with van der Waals surface area (Å²) in [5.74, 6) is -16.2. The van der Waals surface area contributed by atoms with Crippen LogP contribution in [0.1, 0.15) is 13.8 Å². The molecule has 0 saturated heterocycles. The van der Waals surface area contributed by atoms with E-state index in [9.17, 15) is 53.5 Å². The molecule has 0 aliphatic carbocycles. The van der Waals surface area contributed by atoms with Gasteiger partial charge in [0.05, 0.1) is 0 Å². The highest BCUT2D eigenvalue weighted by Gasteiger charge is 2.63. The molecule has 0 aromatic rings. The molecule has 28 heavy (non-hydrogen) atoms. The van der Waals surface area contributed by atoms with Crippen molar-refractivity contribution in [2.45, 2.75) is 38.0 Å². The van der Waals surface area contributed by atoms with Crippen LogP contribution >= 0.6 is 0 Å². The lowest BCUT2D eigenvalue weighted by Crippen LogP contribution is -2.43. The molecule has 0 fully saturated rings. The molecule has 4 nitrogen and oxygen atoms in total. The number of carbonyl (C=O) groups excluding carboxylic acids is 2. The van der Waals surface area contributed by atoms with Gasteiger partial charge in [-0.1, -0.05) is 0 Å². The van der Waals surface area contributed by atoms with Crippen molar-refractivity contribution in [2.24, 2.45) is 0 Å². The van der Waals surface area contributed by atoms with Gasteiger partial charge in [0.1, 0.15) is 0 Å². The van der Waals surface area contributed by atoms with E-state index in [4.69, 9.17) is 0 Å². The summed E-state index contributed by atoms with van der Waals surface area (Å²) in [6.45, 7) is 1.45. The fourth-order valence-electron chi connectivity index (χ4n) is 1.48. The van der Waals surface area contributed by atoms with Crippen LogP contribution in [0.5, 0.6) is 0 Å². The van der Waals surface area contributed by atoms with Crippen molar-refractivity contribution < 1.29 is 53.5 Å². The standard InChI is InChI=1S/C14H14F10N2O2/c1-7(5-9(27)11(15,16)13(19,20)21)25-3-4-26-8(2)6-10(28)12(17,18)14(22,23)24/h5-6,25-26H,3-4H2,1-2H3/b7-5+,8-6+. The minimum absolute atomic E-state index is 0.00357. The maximum atomic E-state index is 12.7. The van der Waals surface area contributed by atoms with Crippen molar-refractivity contribution in [1.82, 2.24) is 10.6 Å². The number of halogens is 10. The second-order valence-electron chi connectivity index (χ2n) is 5.38. The molecule has 0 aromatic carbocycles. The molecule has 0 spiro atoms. The SMILES string of the molecule is C/C(=C\C(=O)C(F)(F)C(F)(F)F)NCCN/C(C)=C/C(=O)C(F)(F)C(F)(F)F. The van der Waals surface area contributed by atoms with E-state index in [0.29, 0.717) is 0 Å². The van der Waals surface area contributed by atoms with Gasteiger partial charge in [0, 0.05) is 36.6 Å². The first kappa shape index (κ1) is 25.7. The van der Waals surface area contributed by atoms with Crippen LogP contribution < -0.4 is 10.6 Å². The Morgan fingerprint density at radius 3 is 1.11 bits per heavy atom. The van der Waals surface area contributed by atoms with Crippen molar-refractivity contribution in [3.63, 3.8) is 0 Å². The summed E-state index contributed by atoms with van der Waals surface area (Å²) in [7, 11) is 0. The summed E-state index contributed by atoms with van der Waals surface area (Å²) >= 11 is 0. The maximum absolute atomic E-state index is 12.7. The lowest BCUT2D eigenvalue weighted by molar-refractivity contribution is -0.266. The molecule has 0 rings (SSSR count). The number of allylic oxidation sites excluding steroid dienone is 4. The normalized spacial score (nSPS) is 14.7. The molecule has 0 aliphatic heterocycles. The average Bonchev–Trinajstić information content (AvgIpc) is 2.49. The van der Waals surface area contributed by atoms with Gasteiger partial charge in [-0.05, 0) is 13.8 Å². The Bertz CT molecular complexity index is 591. The van der Waals surface area contributed by atoms with Gasteiger partial charge < -0.3 is 10.6 Å². The van der Waals surface area contributed by atoms with Crippen LogP contribution in [-0.2, 0) is 9.59 Å². The highest BCUT2D eigenvalue weighted by atomic mass is 19.4. The third-order valence-corrected chi connectivity index (χ3v) is 2.96. The van der Waals surface area contributed by atoms with Gasteiger partial charge in [-0.2, -0.15) is 43.9 Å². The van der Waals surface area contributed by atoms with Crippen molar-refractivity contribution >= 4 is 11.6 Å². The van der Waals surface area contributed by atoms with Gasteiger partial charge in [-0.25, -0.2) is 0 Å². The monoisotopic (exact) mass is 432 g/mol. The van der Waals surface area contributed by atoms with Crippen LogP contribution in [0.4, 0.5) is 43.9 Å². The van der Waals surface area contributed by atoms with Crippen LogP contribution in [0.15, 0.2) is 23.5 Å². The zero-order chi connectivity index (χ0) is 22.6. The maximum Gasteiger partial charge on any atom is 0.461 e. The number of ketones is 2. The molecular weight excluding hydrogens is 418 g/mol. The van der Waals surface area contributed by atoms with Gasteiger partial charge in [0.25, 0.3) is 0 Å². The summed E-state index contributed by atoms with van der Waals surface area (Å²) in [6.07, 6.45) is -12.1. The summed E-state index contributed by atoms with van der Waals surface area (Å²) in [5, 5.41) is 4.47. The van der Waals surface area contributed by atoms with E-state index in [1.165, 1.54) is 0 Å². The minimum Gasteiger partial charge on any atom is -0.387 e. The Labute approximate surface area is 151 Å². The second-order valence-corrected chi connectivity index (χ2v) is 5.38. The fraction of sp³-hybridized carbons (Fsp3) is 0.571. The Morgan fingerprint density at radius 1 is 0.643 bits per heavy atom.